The Balaban J connectivity index is 1.65. The molecular formula is C22H31N3O3S2. The molecule has 2 aromatic rings. The number of rotatable bonds is 8. The van der Waals surface area contributed by atoms with Gasteiger partial charge in [-0.25, -0.2) is 8.42 Å². The van der Waals surface area contributed by atoms with E-state index in [9.17, 15) is 13.2 Å². The van der Waals surface area contributed by atoms with Crippen molar-refractivity contribution in [3.8, 4) is 0 Å². The summed E-state index contributed by atoms with van der Waals surface area (Å²) in [5.41, 5.74) is 0.456. The molecule has 0 aliphatic heterocycles. The van der Waals surface area contributed by atoms with Gasteiger partial charge in [-0.2, -0.15) is 4.31 Å². The minimum absolute atomic E-state index is 0.0620. The summed E-state index contributed by atoms with van der Waals surface area (Å²) in [6.45, 7) is 0.483. The molecule has 0 spiro atoms. The average molecular weight is 450 g/mol. The Labute approximate surface area is 183 Å². The summed E-state index contributed by atoms with van der Waals surface area (Å²) in [6.07, 6.45) is 5.14. The van der Waals surface area contributed by atoms with E-state index in [0.29, 0.717) is 12.1 Å². The van der Waals surface area contributed by atoms with E-state index in [4.69, 9.17) is 0 Å². The van der Waals surface area contributed by atoms with Gasteiger partial charge >= 0.3 is 0 Å². The normalized spacial score (nSPS) is 16.7. The second kappa shape index (κ2) is 10.0. The first-order chi connectivity index (χ1) is 14.3. The van der Waals surface area contributed by atoms with Crippen LogP contribution < -0.4 is 5.32 Å². The number of carbonyl (C=O) groups is 1. The predicted molar refractivity (Wildman–Crippen MR) is 121 cm³/mol. The van der Waals surface area contributed by atoms with Crippen LogP contribution >= 0.6 is 11.3 Å². The lowest BCUT2D eigenvalue weighted by Crippen LogP contribution is -2.38. The van der Waals surface area contributed by atoms with E-state index >= 15 is 0 Å². The Morgan fingerprint density at radius 1 is 1.10 bits per heavy atom. The van der Waals surface area contributed by atoms with Gasteiger partial charge in [0.15, 0.2) is 0 Å². The van der Waals surface area contributed by atoms with Gasteiger partial charge in [0, 0.05) is 30.1 Å². The monoisotopic (exact) mass is 449 g/mol. The van der Waals surface area contributed by atoms with Gasteiger partial charge in [0.05, 0.1) is 10.9 Å². The Morgan fingerprint density at radius 3 is 2.33 bits per heavy atom. The molecule has 0 radical (unpaired) electrons. The molecule has 1 amide bonds. The first-order valence-corrected chi connectivity index (χ1v) is 12.7. The number of likely N-dealkylation sites (N-methyl/N-ethyl adjacent to an activating group) is 1. The first-order valence-electron chi connectivity index (χ1n) is 10.4. The van der Waals surface area contributed by atoms with Crippen molar-refractivity contribution in [2.45, 2.75) is 49.1 Å². The van der Waals surface area contributed by atoms with Gasteiger partial charge in [-0.15, -0.1) is 11.3 Å². The third kappa shape index (κ3) is 5.29. The number of amides is 1. The maximum absolute atomic E-state index is 13.0. The van der Waals surface area contributed by atoms with E-state index in [1.165, 1.54) is 27.7 Å². The highest BCUT2D eigenvalue weighted by Gasteiger charge is 2.29. The summed E-state index contributed by atoms with van der Waals surface area (Å²) < 4.78 is 27.4. The summed E-state index contributed by atoms with van der Waals surface area (Å²) in [5.74, 6) is -0.206. The van der Waals surface area contributed by atoms with E-state index in [2.05, 4.69) is 16.3 Å². The zero-order chi connectivity index (χ0) is 21.7. The van der Waals surface area contributed by atoms with Crippen molar-refractivity contribution < 1.29 is 13.2 Å². The van der Waals surface area contributed by atoms with Gasteiger partial charge in [-0.3, -0.25) is 4.79 Å². The minimum Gasteiger partial charge on any atom is -0.350 e. The Morgan fingerprint density at radius 2 is 1.77 bits per heavy atom. The summed E-state index contributed by atoms with van der Waals surface area (Å²) in [5, 5.41) is 4.99. The number of thiophene rings is 1. The molecular weight excluding hydrogens is 418 g/mol. The van der Waals surface area contributed by atoms with Crippen LogP contribution in [0.15, 0.2) is 46.7 Å². The SMILES string of the molecule is CN(C)C(CNC(=O)c1ccc(S(=O)(=O)N(C)C2CCCCC2)cc1)c1cccs1. The van der Waals surface area contributed by atoms with Gasteiger partial charge in [-0.1, -0.05) is 25.3 Å². The Bertz CT molecular complexity index is 919. The molecule has 1 unspecified atom stereocenters. The van der Waals surface area contributed by atoms with Gasteiger partial charge in [0.25, 0.3) is 5.91 Å². The van der Waals surface area contributed by atoms with E-state index < -0.39 is 10.0 Å². The van der Waals surface area contributed by atoms with Crippen molar-refractivity contribution in [3.63, 3.8) is 0 Å². The number of nitrogens with zero attached hydrogens (tertiary/aromatic N) is 2. The zero-order valence-corrected chi connectivity index (χ0v) is 19.5. The number of carbonyl (C=O) groups excluding carboxylic acids is 1. The molecule has 1 aliphatic rings. The van der Waals surface area contributed by atoms with Crippen molar-refractivity contribution in [1.29, 1.82) is 0 Å². The van der Waals surface area contributed by atoms with E-state index in [1.807, 2.05) is 25.5 Å². The molecule has 1 saturated carbocycles. The highest BCUT2D eigenvalue weighted by molar-refractivity contribution is 7.89. The fourth-order valence-corrected chi connectivity index (χ4v) is 6.23. The lowest BCUT2D eigenvalue weighted by atomic mass is 9.96. The quantitative estimate of drug-likeness (QED) is 0.667. The predicted octanol–water partition coefficient (Wildman–Crippen LogP) is 3.73. The van der Waals surface area contributed by atoms with Crippen molar-refractivity contribution in [3.05, 3.63) is 52.2 Å². The highest BCUT2D eigenvalue weighted by Crippen LogP contribution is 2.27. The number of sulfonamides is 1. The molecule has 1 fully saturated rings. The van der Waals surface area contributed by atoms with Crippen LogP contribution in [-0.2, 0) is 10.0 Å². The second-order valence-corrected chi connectivity index (χ2v) is 11.0. The smallest absolute Gasteiger partial charge is 0.251 e. The molecule has 1 aliphatic carbocycles. The van der Waals surface area contributed by atoms with Crippen LogP contribution in [0.25, 0.3) is 0 Å². The molecule has 1 N–H and O–H groups in total. The lowest BCUT2D eigenvalue weighted by Gasteiger charge is -2.30. The van der Waals surface area contributed by atoms with Crippen molar-refractivity contribution in [1.82, 2.24) is 14.5 Å². The molecule has 0 bridgehead atoms. The van der Waals surface area contributed by atoms with Crippen LogP contribution in [-0.4, -0.2) is 57.3 Å². The number of hydrogen-bond donors (Lipinski definition) is 1. The number of hydrogen-bond acceptors (Lipinski definition) is 5. The maximum atomic E-state index is 13.0. The van der Waals surface area contributed by atoms with Crippen LogP contribution in [0.3, 0.4) is 0 Å². The zero-order valence-electron chi connectivity index (χ0n) is 17.9. The number of benzene rings is 1. The topological polar surface area (TPSA) is 69.7 Å². The molecule has 30 heavy (non-hydrogen) atoms. The average Bonchev–Trinajstić information content (AvgIpc) is 3.28. The van der Waals surface area contributed by atoms with Gasteiger partial charge in [0.2, 0.25) is 10.0 Å². The van der Waals surface area contributed by atoms with Gasteiger partial charge in [0.1, 0.15) is 0 Å². The van der Waals surface area contributed by atoms with Crippen molar-refractivity contribution in [2.24, 2.45) is 0 Å². The van der Waals surface area contributed by atoms with E-state index in [1.54, 1.807) is 30.5 Å². The summed E-state index contributed by atoms with van der Waals surface area (Å²) in [7, 11) is 2.08. The van der Waals surface area contributed by atoms with Crippen molar-refractivity contribution in [2.75, 3.05) is 27.7 Å². The molecule has 1 atom stereocenters. The minimum atomic E-state index is -3.55. The highest BCUT2D eigenvalue weighted by atomic mass is 32.2. The summed E-state index contributed by atoms with van der Waals surface area (Å²) >= 11 is 1.66. The van der Waals surface area contributed by atoms with Crippen LogP contribution in [0.2, 0.25) is 0 Å². The van der Waals surface area contributed by atoms with Gasteiger partial charge < -0.3 is 10.2 Å². The first kappa shape index (κ1) is 22.9. The molecule has 1 aromatic carbocycles. The largest absolute Gasteiger partial charge is 0.350 e. The molecule has 8 heteroatoms. The lowest BCUT2D eigenvalue weighted by molar-refractivity contribution is 0.0942. The molecule has 3 rings (SSSR count). The fraction of sp³-hybridized carbons (Fsp3) is 0.500. The third-order valence-electron chi connectivity index (χ3n) is 5.83. The number of nitrogens with one attached hydrogen (secondary N) is 1. The van der Waals surface area contributed by atoms with Gasteiger partial charge in [-0.05, 0) is 62.6 Å². The summed E-state index contributed by atoms with van der Waals surface area (Å²) in [4.78, 5) is 16.1. The van der Waals surface area contributed by atoms with Crippen LogP contribution in [0.4, 0.5) is 0 Å². The second-order valence-electron chi connectivity index (χ2n) is 8.04. The standard InChI is InChI=1S/C22H31N3O3S2/c1-24(2)20(21-10-7-15-29-21)16-23-22(26)17-11-13-19(14-12-17)30(27,28)25(3)18-8-5-4-6-9-18/h7,10-15,18,20H,4-6,8-9,16H2,1-3H3,(H,23,26). The Hall–Kier alpha value is -1.74. The van der Waals surface area contributed by atoms with Crippen LogP contribution in [0.1, 0.15) is 53.4 Å². The maximum Gasteiger partial charge on any atom is 0.251 e. The molecule has 6 nitrogen and oxygen atoms in total. The molecule has 0 saturated heterocycles. The van der Waals surface area contributed by atoms with Crippen LogP contribution in [0.5, 0.6) is 0 Å². The molecule has 1 aromatic heterocycles. The van der Waals surface area contributed by atoms with E-state index in [-0.39, 0.29) is 22.9 Å². The molecule has 164 valence electrons. The van der Waals surface area contributed by atoms with Crippen molar-refractivity contribution >= 4 is 27.3 Å². The Kier molecular flexibility index (Phi) is 7.68. The molecule has 1 heterocycles. The third-order valence-corrected chi connectivity index (χ3v) is 8.73. The summed E-state index contributed by atoms with van der Waals surface area (Å²) in [6, 6.07) is 10.5. The fourth-order valence-electron chi connectivity index (χ4n) is 3.90. The van der Waals surface area contributed by atoms with Crippen LogP contribution in [0, 0.1) is 0 Å². The van der Waals surface area contributed by atoms with E-state index in [0.717, 1.165) is 25.7 Å².